The lowest BCUT2D eigenvalue weighted by Gasteiger charge is -2.37. The summed E-state index contributed by atoms with van der Waals surface area (Å²) < 4.78 is 19.6. The van der Waals surface area contributed by atoms with E-state index in [1.54, 1.807) is 49.2 Å². The maximum atomic E-state index is 14.3. The monoisotopic (exact) mass is 731 g/mol. The third-order valence-electron chi connectivity index (χ3n) is 11.1. The topological polar surface area (TPSA) is 137 Å². The van der Waals surface area contributed by atoms with Crippen LogP contribution in [0.4, 0.5) is 11.4 Å². The number of aryl methyl sites for hydroxylation is 1. The van der Waals surface area contributed by atoms with Crippen LogP contribution in [0.25, 0.3) is 0 Å². The van der Waals surface area contributed by atoms with Crippen molar-refractivity contribution in [2.75, 3.05) is 31.5 Å². The number of aromatic nitrogens is 3. The Labute approximate surface area is 310 Å². The number of carbonyl (C=O) groups is 2. The van der Waals surface area contributed by atoms with Gasteiger partial charge in [0.1, 0.15) is 11.5 Å². The number of aliphatic hydroxyl groups is 1. The molecule has 274 valence electrons. The highest BCUT2D eigenvalue weighted by Gasteiger charge is 2.64. The van der Waals surface area contributed by atoms with Crippen molar-refractivity contribution >= 4 is 36.4 Å². The summed E-state index contributed by atoms with van der Waals surface area (Å²) in [6, 6.07) is 30.4. The number of rotatable bonds is 12. The number of benzene rings is 4. The zero-order valence-electron chi connectivity index (χ0n) is 30.6. The first-order chi connectivity index (χ1) is 25.6. The fourth-order valence-corrected chi connectivity index (χ4v) is 12.4. The Morgan fingerprint density at radius 1 is 1.00 bits per heavy atom. The molecule has 0 saturated carbocycles. The van der Waals surface area contributed by atoms with Gasteiger partial charge in [0.05, 0.1) is 46.6 Å². The second kappa shape index (κ2) is 14.6. The average molecular weight is 732 g/mol. The van der Waals surface area contributed by atoms with E-state index in [0.717, 1.165) is 11.3 Å². The van der Waals surface area contributed by atoms with Crippen molar-refractivity contribution in [1.82, 2.24) is 15.0 Å². The number of methoxy groups -OCH3 is 2. The molecule has 7 rings (SSSR count). The van der Waals surface area contributed by atoms with Gasteiger partial charge in [-0.3, -0.25) is 14.3 Å². The molecule has 2 amide bonds. The van der Waals surface area contributed by atoms with Crippen LogP contribution < -0.4 is 25.3 Å². The number of amides is 2. The fraction of sp³-hybridized carbons (Fsp3) is 0.317. The van der Waals surface area contributed by atoms with Crippen LogP contribution in [-0.4, -0.2) is 66.9 Å². The molecule has 2 aliphatic heterocycles. The SMILES string of the molecule is COc1ccc(C(=O)Nc2ccc3c(c2)[C@@]2(O[C@H](CCn4cc(C(CO)c5ccccc5)nn4)[C@@H]([Si](C)(C)c4ccc(OC)cc4)[C@@H]2C)C(=O)N3)cc1. The largest absolute Gasteiger partial charge is 0.497 e. The summed E-state index contributed by atoms with van der Waals surface area (Å²) >= 11 is 0. The number of anilines is 2. The van der Waals surface area contributed by atoms with Gasteiger partial charge in [-0.25, -0.2) is 0 Å². The van der Waals surface area contributed by atoms with Crippen LogP contribution in [0.3, 0.4) is 0 Å². The minimum atomic E-state index is -2.36. The number of aliphatic hydroxyl groups excluding tert-OH is 1. The molecule has 1 aromatic heterocycles. The molecule has 53 heavy (non-hydrogen) atoms. The lowest BCUT2D eigenvalue weighted by molar-refractivity contribution is -0.143. The van der Waals surface area contributed by atoms with E-state index in [0.29, 0.717) is 46.9 Å². The van der Waals surface area contributed by atoms with Gasteiger partial charge in [-0.2, -0.15) is 0 Å². The highest BCUT2D eigenvalue weighted by Crippen LogP contribution is 2.59. The lowest BCUT2D eigenvalue weighted by Crippen LogP contribution is -2.51. The molecule has 5 atom stereocenters. The van der Waals surface area contributed by atoms with Gasteiger partial charge in [0.25, 0.3) is 11.8 Å². The smallest absolute Gasteiger partial charge is 0.261 e. The summed E-state index contributed by atoms with van der Waals surface area (Å²) in [5.41, 5.74) is 2.83. The van der Waals surface area contributed by atoms with E-state index in [1.807, 2.05) is 60.8 Å². The van der Waals surface area contributed by atoms with E-state index >= 15 is 0 Å². The predicted molar refractivity (Wildman–Crippen MR) is 206 cm³/mol. The van der Waals surface area contributed by atoms with Crippen molar-refractivity contribution in [3.05, 3.63) is 126 Å². The van der Waals surface area contributed by atoms with Crippen LogP contribution in [-0.2, 0) is 21.7 Å². The second-order valence-corrected chi connectivity index (χ2v) is 19.1. The second-order valence-electron chi connectivity index (χ2n) is 14.4. The molecule has 2 aliphatic rings. The molecule has 0 aliphatic carbocycles. The van der Waals surface area contributed by atoms with Crippen LogP contribution >= 0.6 is 0 Å². The van der Waals surface area contributed by atoms with Gasteiger partial charge in [-0.15, -0.1) is 5.10 Å². The Kier molecular flexibility index (Phi) is 9.94. The highest BCUT2D eigenvalue weighted by molar-refractivity contribution is 6.91. The molecule has 11 nitrogen and oxygen atoms in total. The third-order valence-corrected chi connectivity index (χ3v) is 15.5. The van der Waals surface area contributed by atoms with E-state index in [9.17, 15) is 14.7 Å². The first kappa shape index (κ1) is 36.1. The molecule has 1 saturated heterocycles. The first-order valence-corrected chi connectivity index (χ1v) is 21.0. The third kappa shape index (κ3) is 6.62. The minimum absolute atomic E-state index is 0.0163. The summed E-state index contributed by atoms with van der Waals surface area (Å²) in [5, 5.41) is 26.5. The van der Waals surface area contributed by atoms with E-state index in [1.165, 1.54) is 5.19 Å². The minimum Gasteiger partial charge on any atom is -0.497 e. The molecular formula is C41H45N5O6Si. The Hall–Kier alpha value is -5.30. The summed E-state index contributed by atoms with van der Waals surface area (Å²) in [5.74, 6) is 0.466. The Balaban J connectivity index is 1.21. The quantitative estimate of drug-likeness (QED) is 0.134. The maximum absolute atomic E-state index is 14.3. The normalized spacial score (nSPS) is 21.2. The molecule has 5 aromatic rings. The number of carbonyl (C=O) groups excluding carboxylic acids is 2. The van der Waals surface area contributed by atoms with Gasteiger partial charge >= 0.3 is 0 Å². The van der Waals surface area contributed by atoms with Crippen LogP contribution in [0.5, 0.6) is 11.5 Å². The number of fused-ring (bicyclic) bond motifs is 2. The molecule has 12 heteroatoms. The van der Waals surface area contributed by atoms with Crippen molar-refractivity contribution in [2.24, 2.45) is 5.92 Å². The van der Waals surface area contributed by atoms with Crippen LogP contribution in [0.1, 0.15) is 46.4 Å². The van der Waals surface area contributed by atoms with Crippen molar-refractivity contribution < 1.29 is 28.9 Å². The number of nitrogens with one attached hydrogen (secondary N) is 2. The van der Waals surface area contributed by atoms with Gasteiger partial charge in [0.2, 0.25) is 0 Å². The number of hydrogen-bond donors (Lipinski definition) is 3. The molecule has 0 radical (unpaired) electrons. The van der Waals surface area contributed by atoms with Gasteiger partial charge in [-0.05, 0) is 72.1 Å². The Morgan fingerprint density at radius 3 is 2.34 bits per heavy atom. The fourth-order valence-electron chi connectivity index (χ4n) is 8.32. The molecule has 1 unspecified atom stereocenters. The van der Waals surface area contributed by atoms with Crippen molar-refractivity contribution in [1.29, 1.82) is 0 Å². The van der Waals surface area contributed by atoms with E-state index < -0.39 is 13.7 Å². The van der Waals surface area contributed by atoms with E-state index in [-0.39, 0.29) is 41.9 Å². The predicted octanol–water partition coefficient (Wildman–Crippen LogP) is 5.93. The molecule has 4 aromatic carbocycles. The highest BCUT2D eigenvalue weighted by atomic mass is 28.3. The Bertz CT molecular complexity index is 2090. The zero-order chi connectivity index (χ0) is 37.3. The van der Waals surface area contributed by atoms with Crippen molar-refractivity contribution in [3.63, 3.8) is 0 Å². The molecule has 3 N–H and O–H groups in total. The average Bonchev–Trinajstić information content (AvgIpc) is 3.85. The van der Waals surface area contributed by atoms with Gasteiger partial charge < -0.3 is 30.0 Å². The number of ether oxygens (including phenoxy) is 3. The Morgan fingerprint density at radius 2 is 1.68 bits per heavy atom. The molecule has 0 bridgehead atoms. The van der Waals surface area contributed by atoms with E-state index in [2.05, 4.69) is 53.1 Å². The molecule has 1 spiro atoms. The molecule has 1 fully saturated rings. The van der Waals surface area contributed by atoms with Crippen LogP contribution in [0.15, 0.2) is 103 Å². The summed E-state index contributed by atoms with van der Waals surface area (Å²) in [7, 11) is 0.876. The van der Waals surface area contributed by atoms with Crippen molar-refractivity contribution in [3.8, 4) is 11.5 Å². The number of nitrogens with zero attached hydrogens (tertiary/aromatic N) is 3. The van der Waals surface area contributed by atoms with Gasteiger partial charge in [-0.1, -0.05) is 72.9 Å². The lowest BCUT2D eigenvalue weighted by atomic mass is 9.82. The summed E-state index contributed by atoms with van der Waals surface area (Å²) in [6.07, 6.45) is 2.16. The number of hydrogen-bond acceptors (Lipinski definition) is 8. The zero-order valence-corrected chi connectivity index (χ0v) is 31.6. The van der Waals surface area contributed by atoms with Gasteiger partial charge in [0, 0.05) is 41.2 Å². The first-order valence-electron chi connectivity index (χ1n) is 17.9. The maximum Gasteiger partial charge on any atom is 0.261 e. The van der Waals surface area contributed by atoms with Crippen LogP contribution in [0, 0.1) is 5.92 Å². The van der Waals surface area contributed by atoms with E-state index in [4.69, 9.17) is 14.2 Å². The molecular weight excluding hydrogens is 687 g/mol. The molecule has 3 heterocycles. The van der Waals surface area contributed by atoms with Crippen molar-refractivity contribution in [2.45, 2.75) is 56.1 Å². The summed E-state index contributed by atoms with van der Waals surface area (Å²) in [6.45, 7) is 7.21. The van der Waals surface area contributed by atoms with Gasteiger partial charge in [0.15, 0.2) is 5.60 Å². The standard InChI is InChI=1S/C41H45N5O6Si/c1-26-38(53(4,5)32-18-16-31(51-3)17-19-32)37(21-22-46-24-36(44-45-46)33(25-47)27-9-7-6-8-10-27)52-41(26)34-23-29(13-20-35(34)43-40(41)49)42-39(48)28-11-14-30(50-2)15-12-28/h6-20,23-24,26,33,37-38,47H,21-22,25H2,1-5H3,(H,42,48)(H,43,49)/t26-,33?,37+,38-,41+/m0/s1. The summed E-state index contributed by atoms with van der Waals surface area (Å²) in [4.78, 5) is 27.5. The van der Waals surface area contributed by atoms with Crippen LogP contribution in [0.2, 0.25) is 18.6 Å².